The van der Waals surface area contributed by atoms with Crippen LogP contribution < -0.4 is 10.3 Å². The van der Waals surface area contributed by atoms with Crippen LogP contribution >= 0.6 is 0 Å². The number of carbonyl (C=O) groups is 2. The van der Waals surface area contributed by atoms with Crippen LogP contribution in [0.4, 0.5) is 18.9 Å². The van der Waals surface area contributed by atoms with Gasteiger partial charge in [-0.05, 0) is 26.7 Å². The summed E-state index contributed by atoms with van der Waals surface area (Å²) in [5, 5.41) is 8.41. The molecule has 2 heterocycles. The van der Waals surface area contributed by atoms with Crippen LogP contribution in [0.25, 0.3) is 10.9 Å². The van der Waals surface area contributed by atoms with Gasteiger partial charge in [-0.3, -0.25) is 9.59 Å². The number of aromatic nitrogens is 1. The maximum absolute atomic E-state index is 15.7. The Hall–Kier alpha value is -3.04. The first-order valence-corrected chi connectivity index (χ1v) is 10.1. The predicted octanol–water partition coefficient (Wildman–Crippen LogP) is 2.90. The van der Waals surface area contributed by atoms with Gasteiger partial charge in [-0.1, -0.05) is 0 Å². The lowest BCUT2D eigenvalue weighted by molar-refractivity contribution is -0.133. The van der Waals surface area contributed by atoms with Gasteiger partial charge in [0.05, 0.1) is 10.9 Å². The monoisotopic (exact) mass is 437 g/mol. The molecule has 7 nitrogen and oxygen atoms in total. The smallest absolute Gasteiger partial charge is 0.341 e. The summed E-state index contributed by atoms with van der Waals surface area (Å²) in [6, 6.07) is -1.04. The van der Waals surface area contributed by atoms with Crippen LogP contribution in [0.15, 0.2) is 11.0 Å². The third kappa shape index (κ3) is 3.24. The summed E-state index contributed by atoms with van der Waals surface area (Å²) in [5.74, 6) is -5.97. The summed E-state index contributed by atoms with van der Waals surface area (Å²) >= 11 is 0. The number of piperazine rings is 1. The molecular weight excluding hydrogens is 415 g/mol. The quantitative estimate of drug-likeness (QED) is 0.747. The van der Waals surface area contributed by atoms with Crippen LogP contribution in [0, 0.1) is 17.5 Å². The van der Waals surface area contributed by atoms with E-state index < -0.39 is 51.0 Å². The summed E-state index contributed by atoms with van der Waals surface area (Å²) in [6.07, 6.45) is 2.22. The van der Waals surface area contributed by atoms with E-state index in [1.807, 2.05) is 0 Å². The average molecular weight is 437 g/mol. The Balaban J connectivity index is 1.96. The molecule has 1 N–H and O–H groups in total. The Morgan fingerprint density at radius 2 is 1.61 bits per heavy atom. The van der Waals surface area contributed by atoms with Crippen molar-refractivity contribution in [2.45, 2.75) is 51.7 Å². The summed E-state index contributed by atoms with van der Waals surface area (Å²) in [5.41, 5.74) is -3.03. The number of halogens is 3. The minimum Gasteiger partial charge on any atom is -0.477 e. The molecule has 2 aromatic rings. The molecule has 1 aliphatic carbocycles. The molecule has 1 saturated heterocycles. The molecule has 1 aromatic heterocycles. The zero-order valence-corrected chi connectivity index (χ0v) is 17.3. The number of nitrogens with zero attached hydrogens (tertiary/aromatic N) is 3. The molecular formula is C21H22F3N3O4. The largest absolute Gasteiger partial charge is 0.477 e. The molecule has 1 saturated carbocycles. The average Bonchev–Trinajstić information content (AvgIpc) is 3.50. The Labute approximate surface area is 175 Å². The van der Waals surface area contributed by atoms with E-state index in [-0.39, 0.29) is 37.1 Å². The Morgan fingerprint density at radius 3 is 2.10 bits per heavy atom. The van der Waals surface area contributed by atoms with E-state index in [2.05, 4.69) is 0 Å². The highest BCUT2D eigenvalue weighted by Crippen LogP contribution is 2.41. The van der Waals surface area contributed by atoms with Gasteiger partial charge in [-0.15, -0.1) is 0 Å². The van der Waals surface area contributed by atoms with Gasteiger partial charge in [0, 0.05) is 44.3 Å². The van der Waals surface area contributed by atoms with E-state index in [1.165, 1.54) is 16.4 Å². The Morgan fingerprint density at radius 1 is 1.03 bits per heavy atom. The molecule has 0 bridgehead atoms. The summed E-state index contributed by atoms with van der Waals surface area (Å²) in [4.78, 5) is 38.9. The second-order valence-electron chi connectivity index (χ2n) is 8.36. The number of amides is 1. The summed E-state index contributed by atoms with van der Waals surface area (Å²) in [6.45, 7) is 5.02. The van der Waals surface area contributed by atoms with Crippen molar-refractivity contribution in [3.05, 3.63) is 39.4 Å². The van der Waals surface area contributed by atoms with E-state index >= 15 is 13.2 Å². The number of carboxylic acids is 1. The number of fused-ring (bicyclic) bond motifs is 1. The van der Waals surface area contributed by atoms with Crippen LogP contribution in [0.2, 0.25) is 0 Å². The molecule has 1 aromatic carbocycles. The molecule has 10 heteroatoms. The van der Waals surface area contributed by atoms with Crippen LogP contribution in [0.1, 0.15) is 50.0 Å². The van der Waals surface area contributed by atoms with Gasteiger partial charge >= 0.3 is 5.97 Å². The lowest BCUT2D eigenvalue weighted by Crippen LogP contribution is -2.58. The van der Waals surface area contributed by atoms with E-state index in [0.717, 1.165) is 6.20 Å². The molecule has 0 unspecified atom stereocenters. The van der Waals surface area contributed by atoms with Gasteiger partial charge in [0.2, 0.25) is 11.3 Å². The van der Waals surface area contributed by atoms with Gasteiger partial charge in [-0.25, -0.2) is 18.0 Å². The number of benzene rings is 1. The fraction of sp³-hybridized carbons (Fsp3) is 0.476. The van der Waals surface area contributed by atoms with Crippen molar-refractivity contribution in [1.29, 1.82) is 0 Å². The highest BCUT2D eigenvalue weighted by molar-refractivity contribution is 5.94. The SMILES string of the molecule is CC(=O)N1[C@H](C)CN(c2c(F)c(F)c3c(=O)c(C(=O)O)cn(C4CC4)c3c2F)C[C@H]1C. The number of carboxylic acid groups (broad SMARTS) is 1. The standard InChI is InChI=1S/C21H22F3N3O4/c1-9-6-25(7-10(2)27(9)11(3)28)19-16(23)15(22)14-18(17(19)24)26(12-4-5-12)8-13(20(14)29)21(30)31/h8-10,12H,4-7H2,1-3H3,(H,30,31)/t9-,10-/m1/s1. The van der Waals surface area contributed by atoms with Crippen molar-refractivity contribution in [3.8, 4) is 0 Å². The normalized spacial score (nSPS) is 21.6. The van der Waals surface area contributed by atoms with E-state index in [1.54, 1.807) is 18.7 Å². The first-order chi connectivity index (χ1) is 14.5. The van der Waals surface area contributed by atoms with Crippen molar-refractivity contribution in [1.82, 2.24) is 9.47 Å². The molecule has 1 aliphatic heterocycles. The number of anilines is 1. The van der Waals surface area contributed by atoms with E-state index in [0.29, 0.717) is 12.8 Å². The zero-order valence-electron chi connectivity index (χ0n) is 17.3. The van der Waals surface area contributed by atoms with E-state index in [9.17, 15) is 19.5 Å². The third-order valence-electron chi connectivity index (χ3n) is 6.04. The van der Waals surface area contributed by atoms with Gasteiger partial charge in [0.15, 0.2) is 17.5 Å². The summed E-state index contributed by atoms with van der Waals surface area (Å²) < 4.78 is 47.2. The zero-order chi connectivity index (χ0) is 22.8. The number of carbonyl (C=O) groups excluding carboxylic acids is 1. The number of pyridine rings is 1. The highest BCUT2D eigenvalue weighted by atomic mass is 19.2. The molecule has 0 radical (unpaired) electrons. The molecule has 2 aliphatic rings. The first-order valence-electron chi connectivity index (χ1n) is 10.1. The minimum atomic E-state index is -1.59. The lowest BCUT2D eigenvalue weighted by Gasteiger charge is -2.45. The highest BCUT2D eigenvalue weighted by Gasteiger charge is 2.37. The van der Waals surface area contributed by atoms with Gasteiger partial charge in [0.25, 0.3) is 0 Å². The Bertz CT molecular complexity index is 1160. The molecule has 0 spiro atoms. The van der Waals surface area contributed by atoms with Gasteiger partial charge in [-0.2, -0.15) is 0 Å². The second-order valence-corrected chi connectivity index (χ2v) is 8.36. The number of hydrogen-bond donors (Lipinski definition) is 1. The van der Waals surface area contributed by atoms with Crippen LogP contribution in [-0.4, -0.2) is 51.6 Å². The summed E-state index contributed by atoms with van der Waals surface area (Å²) in [7, 11) is 0. The number of aromatic carboxylic acids is 1. The van der Waals surface area contributed by atoms with Crippen molar-refractivity contribution in [2.75, 3.05) is 18.0 Å². The maximum atomic E-state index is 15.7. The van der Waals surface area contributed by atoms with Crippen LogP contribution in [0.5, 0.6) is 0 Å². The van der Waals surface area contributed by atoms with Crippen LogP contribution in [-0.2, 0) is 4.79 Å². The van der Waals surface area contributed by atoms with Crippen LogP contribution in [0.3, 0.4) is 0 Å². The molecule has 2 fully saturated rings. The van der Waals surface area contributed by atoms with Gasteiger partial charge in [0.1, 0.15) is 11.3 Å². The fourth-order valence-corrected chi connectivity index (χ4v) is 4.68. The van der Waals surface area contributed by atoms with Crippen molar-refractivity contribution < 1.29 is 27.9 Å². The fourth-order valence-electron chi connectivity index (χ4n) is 4.68. The molecule has 2 atom stereocenters. The Kier molecular flexibility index (Phi) is 4.98. The maximum Gasteiger partial charge on any atom is 0.341 e. The molecule has 31 heavy (non-hydrogen) atoms. The third-order valence-corrected chi connectivity index (χ3v) is 6.04. The molecule has 1 amide bonds. The van der Waals surface area contributed by atoms with Gasteiger partial charge < -0.3 is 19.5 Å². The number of rotatable bonds is 3. The second kappa shape index (κ2) is 7.28. The van der Waals surface area contributed by atoms with Crippen molar-refractivity contribution in [3.63, 3.8) is 0 Å². The number of hydrogen-bond acceptors (Lipinski definition) is 4. The molecule has 166 valence electrons. The predicted molar refractivity (Wildman–Crippen MR) is 107 cm³/mol. The lowest BCUT2D eigenvalue weighted by atomic mass is 10.0. The topological polar surface area (TPSA) is 82.8 Å². The van der Waals surface area contributed by atoms with Crippen molar-refractivity contribution in [2.24, 2.45) is 0 Å². The molecule has 4 rings (SSSR count). The van der Waals surface area contributed by atoms with E-state index in [4.69, 9.17) is 0 Å². The van der Waals surface area contributed by atoms with Crippen molar-refractivity contribution >= 4 is 28.5 Å². The minimum absolute atomic E-state index is 0.0730. The first kappa shape index (κ1) is 21.2.